The van der Waals surface area contributed by atoms with Gasteiger partial charge in [-0.25, -0.2) is 4.79 Å². The SMILES string of the molecule is CC(C)C(NC(=O)C(CCC(=O)O)NC(=O)C(N)Cc1ccc(O)cc1)C(=O)NC(Cc1c[nH]c2ccccc12)C(=O)O. The Bertz CT molecular complexity index is 1450. The van der Waals surface area contributed by atoms with Gasteiger partial charge in [-0.1, -0.05) is 44.2 Å². The number of H-pyrrole nitrogens is 1. The van der Waals surface area contributed by atoms with Crippen LogP contribution in [0.4, 0.5) is 0 Å². The molecule has 0 radical (unpaired) electrons. The molecule has 1 heterocycles. The van der Waals surface area contributed by atoms with Crippen molar-refractivity contribution in [3.05, 3.63) is 65.9 Å². The maximum atomic E-state index is 13.3. The van der Waals surface area contributed by atoms with Crippen LogP contribution in [0.5, 0.6) is 5.75 Å². The van der Waals surface area contributed by atoms with E-state index in [1.165, 1.54) is 12.1 Å². The zero-order valence-corrected chi connectivity index (χ0v) is 23.9. The molecule has 230 valence electrons. The summed E-state index contributed by atoms with van der Waals surface area (Å²) in [5, 5.41) is 36.8. The van der Waals surface area contributed by atoms with Crippen LogP contribution in [0, 0.1) is 5.92 Å². The highest BCUT2D eigenvalue weighted by molar-refractivity contribution is 5.94. The number of nitrogens with two attached hydrogens (primary N) is 1. The van der Waals surface area contributed by atoms with Gasteiger partial charge in [0, 0.05) is 29.9 Å². The molecule has 0 saturated heterocycles. The van der Waals surface area contributed by atoms with Crippen molar-refractivity contribution in [2.75, 3.05) is 0 Å². The smallest absolute Gasteiger partial charge is 0.326 e. The molecule has 3 amide bonds. The molecule has 0 aliphatic carbocycles. The fraction of sp³-hybridized carbons (Fsp3) is 0.367. The van der Waals surface area contributed by atoms with E-state index in [0.717, 1.165) is 10.9 Å². The first-order valence-corrected chi connectivity index (χ1v) is 13.8. The average Bonchev–Trinajstić information content (AvgIpc) is 3.36. The Kier molecular flexibility index (Phi) is 11.2. The molecule has 13 heteroatoms. The van der Waals surface area contributed by atoms with Crippen molar-refractivity contribution in [3.63, 3.8) is 0 Å². The van der Waals surface area contributed by atoms with E-state index in [-0.39, 0.29) is 25.0 Å². The van der Waals surface area contributed by atoms with E-state index in [1.807, 2.05) is 24.3 Å². The van der Waals surface area contributed by atoms with Gasteiger partial charge in [0.2, 0.25) is 17.7 Å². The quantitative estimate of drug-likeness (QED) is 0.125. The number of fused-ring (bicyclic) bond motifs is 1. The first kappa shape index (κ1) is 32.6. The second kappa shape index (κ2) is 14.8. The highest BCUT2D eigenvalue weighted by Crippen LogP contribution is 2.19. The second-order valence-electron chi connectivity index (χ2n) is 10.7. The van der Waals surface area contributed by atoms with Gasteiger partial charge in [0.1, 0.15) is 23.9 Å². The number of nitrogens with one attached hydrogen (secondary N) is 4. The minimum atomic E-state index is -1.33. The topological polar surface area (TPSA) is 224 Å². The Hall–Kier alpha value is -4.91. The molecule has 0 spiro atoms. The highest BCUT2D eigenvalue weighted by atomic mass is 16.4. The van der Waals surface area contributed by atoms with Crippen molar-refractivity contribution in [3.8, 4) is 5.75 Å². The van der Waals surface area contributed by atoms with Gasteiger partial charge in [-0.05, 0) is 48.1 Å². The number of hydrogen-bond acceptors (Lipinski definition) is 7. The summed E-state index contributed by atoms with van der Waals surface area (Å²) >= 11 is 0. The lowest BCUT2D eigenvalue weighted by molar-refractivity contribution is -0.142. The Morgan fingerprint density at radius 1 is 0.837 bits per heavy atom. The van der Waals surface area contributed by atoms with E-state index in [1.54, 1.807) is 32.2 Å². The lowest BCUT2D eigenvalue weighted by atomic mass is 10.00. The van der Waals surface area contributed by atoms with E-state index < -0.39 is 66.2 Å². The Labute approximate surface area is 247 Å². The lowest BCUT2D eigenvalue weighted by Gasteiger charge is -2.27. The first-order chi connectivity index (χ1) is 20.3. The standard InChI is InChI=1S/C30H37N5O8/c1-16(2)26(29(41)34-24(30(42)43)14-18-15-32-22-6-4-3-5-20(18)22)35-28(40)23(11-12-25(37)38)33-27(39)21(31)13-17-7-9-19(36)10-8-17/h3-10,15-16,21,23-24,26,32,36H,11-14,31H2,1-2H3,(H,33,39)(H,34,41)(H,35,40)(H,37,38)(H,42,43). The molecular formula is C30H37N5O8. The number of benzene rings is 2. The molecule has 4 atom stereocenters. The number of aromatic hydroxyl groups is 1. The summed E-state index contributed by atoms with van der Waals surface area (Å²) in [5.74, 6) is -5.18. The van der Waals surface area contributed by atoms with Crippen LogP contribution >= 0.6 is 0 Å². The number of aliphatic carboxylic acids is 2. The minimum Gasteiger partial charge on any atom is -0.508 e. The van der Waals surface area contributed by atoms with Crippen LogP contribution < -0.4 is 21.7 Å². The van der Waals surface area contributed by atoms with Gasteiger partial charge >= 0.3 is 11.9 Å². The predicted octanol–water partition coefficient (Wildman–Crippen LogP) is 1.05. The third-order valence-electron chi connectivity index (χ3n) is 6.97. The van der Waals surface area contributed by atoms with E-state index >= 15 is 0 Å². The molecule has 43 heavy (non-hydrogen) atoms. The molecule has 1 aromatic heterocycles. The van der Waals surface area contributed by atoms with Crippen LogP contribution in [0.2, 0.25) is 0 Å². The van der Waals surface area contributed by atoms with Gasteiger partial charge < -0.3 is 42.0 Å². The van der Waals surface area contributed by atoms with Crippen molar-refractivity contribution in [2.24, 2.45) is 11.7 Å². The number of carbonyl (C=O) groups excluding carboxylic acids is 3. The summed E-state index contributed by atoms with van der Waals surface area (Å²) in [6.07, 6.45) is 1.03. The summed E-state index contributed by atoms with van der Waals surface area (Å²) in [6, 6.07) is 8.49. The van der Waals surface area contributed by atoms with Crippen molar-refractivity contribution < 1.29 is 39.3 Å². The van der Waals surface area contributed by atoms with Crippen LogP contribution in [0.3, 0.4) is 0 Å². The van der Waals surface area contributed by atoms with Crippen molar-refractivity contribution in [2.45, 2.75) is 63.7 Å². The number of phenolic OH excluding ortho intramolecular Hbond substituents is 1. The number of phenols is 1. The average molecular weight is 596 g/mol. The molecule has 0 saturated carbocycles. The molecular weight excluding hydrogens is 558 g/mol. The molecule has 3 rings (SSSR count). The number of rotatable bonds is 15. The van der Waals surface area contributed by atoms with Gasteiger partial charge in [0.05, 0.1) is 6.04 Å². The molecule has 4 unspecified atom stereocenters. The van der Waals surface area contributed by atoms with Gasteiger partial charge in [0.15, 0.2) is 0 Å². The molecule has 0 fully saturated rings. The molecule has 9 N–H and O–H groups in total. The van der Waals surface area contributed by atoms with Crippen molar-refractivity contribution >= 4 is 40.6 Å². The summed E-state index contributed by atoms with van der Waals surface area (Å²) in [6.45, 7) is 3.30. The van der Waals surface area contributed by atoms with E-state index in [9.17, 15) is 39.3 Å². The van der Waals surface area contributed by atoms with Crippen LogP contribution in [-0.2, 0) is 36.8 Å². The van der Waals surface area contributed by atoms with Crippen LogP contribution in [0.1, 0.15) is 37.8 Å². The van der Waals surface area contributed by atoms with E-state index in [4.69, 9.17) is 5.73 Å². The van der Waals surface area contributed by atoms with Crippen LogP contribution in [-0.4, -0.2) is 74.1 Å². The lowest BCUT2D eigenvalue weighted by Crippen LogP contribution is -2.58. The number of carboxylic acids is 2. The number of carboxylic acid groups (broad SMARTS) is 2. The maximum Gasteiger partial charge on any atom is 0.326 e. The third kappa shape index (κ3) is 9.30. The number of carbonyl (C=O) groups is 5. The van der Waals surface area contributed by atoms with Crippen LogP contribution in [0.15, 0.2) is 54.7 Å². The van der Waals surface area contributed by atoms with E-state index in [2.05, 4.69) is 20.9 Å². The van der Waals surface area contributed by atoms with Gasteiger partial charge in [-0.2, -0.15) is 0 Å². The number of aromatic nitrogens is 1. The zero-order chi connectivity index (χ0) is 31.7. The van der Waals surface area contributed by atoms with Gasteiger partial charge in [-0.15, -0.1) is 0 Å². The molecule has 0 aliphatic heterocycles. The Balaban J connectivity index is 1.70. The Morgan fingerprint density at radius 3 is 2.12 bits per heavy atom. The number of aromatic amines is 1. The fourth-order valence-corrected chi connectivity index (χ4v) is 4.56. The summed E-state index contributed by atoms with van der Waals surface area (Å²) in [4.78, 5) is 65.7. The third-order valence-corrected chi connectivity index (χ3v) is 6.97. The molecule has 13 nitrogen and oxygen atoms in total. The molecule has 0 aliphatic rings. The van der Waals surface area contributed by atoms with Crippen molar-refractivity contribution in [1.29, 1.82) is 0 Å². The number of para-hydroxylation sites is 1. The molecule has 2 aromatic carbocycles. The summed E-state index contributed by atoms with van der Waals surface area (Å²) < 4.78 is 0. The molecule has 3 aromatic rings. The Morgan fingerprint density at radius 2 is 1.49 bits per heavy atom. The van der Waals surface area contributed by atoms with E-state index in [0.29, 0.717) is 11.1 Å². The maximum absolute atomic E-state index is 13.3. The second-order valence-corrected chi connectivity index (χ2v) is 10.7. The summed E-state index contributed by atoms with van der Waals surface area (Å²) in [5.41, 5.74) is 8.18. The minimum absolute atomic E-state index is 0.0138. The monoisotopic (exact) mass is 595 g/mol. The highest BCUT2D eigenvalue weighted by Gasteiger charge is 2.32. The first-order valence-electron chi connectivity index (χ1n) is 13.8. The number of hydrogen-bond donors (Lipinski definition) is 8. The normalized spacial score (nSPS) is 14.0. The van der Waals surface area contributed by atoms with Gasteiger partial charge in [0.25, 0.3) is 0 Å². The largest absolute Gasteiger partial charge is 0.508 e. The number of amides is 3. The zero-order valence-electron chi connectivity index (χ0n) is 23.9. The predicted molar refractivity (Wildman–Crippen MR) is 157 cm³/mol. The molecule has 0 bridgehead atoms. The van der Waals surface area contributed by atoms with Gasteiger partial charge in [-0.3, -0.25) is 19.2 Å². The fourth-order valence-electron chi connectivity index (χ4n) is 4.56. The van der Waals surface area contributed by atoms with Crippen molar-refractivity contribution in [1.82, 2.24) is 20.9 Å². The summed E-state index contributed by atoms with van der Waals surface area (Å²) in [7, 11) is 0. The van der Waals surface area contributed by atoms with Crippen LogP contribution in [0.25, 0.3) is 10.9 Å².